The number of carbonyl (C=O) groups excluding carboxylic acids is 1. The molecule has 74 valence electrons. The molecule has 0 bridgehead atoms. The first-order chi connectivity index (χ1) is 6.00. The van der Waals surface area contributed by atoms with Gasteiger partial charge in [-0.25, -0.2) is 0 Å². The summed E-state index contributed by atoms with van der Waals surface area (Å²) >= 11 is 0. The summed E-state index contributed by atoms with van der Waals surface area (Å²) in [5.74, 6) is -4.11. The van der Waals surface area contributed by atoms with E-state index in [0.717, 1.165) is 0 Å². The maximum Gasteiger partial charge on any atom is 0.326 e. The monoisotopic (exact) mass is 208 g/mol. The van der Waals surface area contributed by atoms with Crippen molar-refractivity contribution >= 4 is 15.3 Å². The summed E-state index contributed by atoms with van der Waals surface area (Å²) in [5.41, 5.74) is 0. The minimum Gasteiger partial charge on any atom is -0.332 e. The third-order valence-electron chi connectivity index (χ3n) is 2.58. The van der Waals surface area contributed by atoms with Crippen molar-refractivity contribution in [3.63, 3.8) is 0 Å². The van der Waals surface area contributed by atoms with Crippen LogP contribution in [-0.4, -0.2) is 47.1 Å². The Balaban J connectivity index is 2.16. The van der Waals surface area contributed by atoms with Crippen LogP contribution in [0.25, 0.3) is 0 Å². The molecule has 3 nitrogen and oxygen atoms in total. The van der Waals surface area contributed by atoms with Crippen LogP contribution in [0.1, 0.15) is 6.42 Å². The maximum atomic E-state index is 13.0. The number of halogens is 2. The van der Waals surface area contributed by atoms with Crippen molar-refractivity contribution in [3.05, 3.63) is 0 Å². The Morgan fingerprint density at radius 3 is 2.85 bits per heavy atom. The maximum absolute atomic E-state index is 13.0. The third-order valence-corrected chi connectivity index (χ3v) is 3.05. The van der Waals surface area contributed by atoms with Crippen molar-refractivity contribution in [2.45, 2.75) is 18.4 Å². The minimum absolute atomic E-state index is 0.297. The predicted octanol–water partition coefficient (Wildman–Crippen LogP) is 0.328. The summed E-state index contributed by atoms with van der Waals surface area (Å²) in [6, 6.07) is -0.297. The molecule has 2 aliphatic rings. The molecule has 2 rings (SSSR count). The molecule has 1 amide bonds. The molecule has 0 aromatic heterocycles. The molecule has 0 spiro atoms. The Morgan fingerprint density at radius 2 is 2.15 bits per heavy atom. The molecule has 2 heterocycles. The van der Waals surface area contributed by atoms with Crippen molar-refractivity contribution in [2.24, 2.45) is 0 Å². The first-order valence-corrected chi connectivity index (χ1v) is 4.71. The highest BCUT2D eigenvalue weighted by Gasteiger charge is 2.54. The van der Waals surface area contributed by atoms with E-state index in [1.165, 1.54) is 4.90 Å². The van der Waals surface area contributed by atoms with Gasteiger partial charge in [-0.1, -0.05) is 9.39 Å². The highest BCUT2D eigenvalue weighted by atomic mass is 31.0. The fraction of sp³-hybridized carbons (Fsp3) is 0.857. The van der Waals surface area contributed by atoms with Gasteiger partial charge in [0.05, 0.1) is 6.04 Å². The van der Waals surface area contributed by atoms with Crippen LogP contribution in [0.2, 0.25) is 0 Å². The number of rotatable bonds is 0. The molecular weight excluding hydrogens is 197 g/mol. The summed E-state index contributed by atoms with van der Waals surface area (Å²) < 4.78 is 27.8. The Morgan fingerprint density at radius 1 is 1.46 bits per heavy atom. The number of hydrogen-bond donors (Lipinski definition) is 0. The summed E-state index contributed by atoms with van der Waals surface area (Å²) in [6.07, 6.45) is -0.323. The van der Waals surface area contributed by atoms with Gasteiger partial charge in [-0.2, -0.15) is 8.78 Å². The van der Waals surface area contributed by atoms with Gasteiger partial charge in [-0.05, 0) is 0 Å². The van der Waals surface area contributed by atoms with Gasteiger partial charge in [0.25, 0.3) is 5.91 Å². The standard InChI is InChI=1S/C7H11F2N2OP/c8-7(9)3-5-4-10(13)1-2-11(5)6(7)12/h5H,1-4,13H2. The number of alkyl halides is 2. The average Bonchev–Trinajstić information content (AvgIpc) is 2.22. The van der Waals surface area contributed by atoms with Crippen LogP contribution in [0.15, 0.2) is 0 Å². The zero-order chi connectivity index (χ0) is 9.64. The SMILES string of the molecule is O=C1N2CCN(P)CC2CC1(F)F. The normalized spacial score (nSPS) is 33.6. The van der Waals surface area contributed by atoms with Gasteiger partial charge < -0.3 is 4.90 Å². The van der Waals surface area contributed by atoms with E-state index in [-0.39, 0.29) is 12.5 Å². The number of amides is 1. The van der Waals surface area contributed by atoms with E-state index in [1.807, 2.05) is 4.67 Å². The second kappa shape index (κ2) is 2.85. The van der Waals surface area contributed by atoms with Crippen LogP contribution in [0.3, 0.4) is 0 Å². The summed E-state index contributed by atoms with van der Waals surface area (Å²) in [5, 5.41) is 0. The Bertz CT molecular complexity index is 249. The smallest absolute Gasteiger partial charge is 0.326 e. The van der Waals surface area contributed by atoms with E-state index in [4.69, 9.17) is 0 Å². The molecule has 0 aromatic rings. The molecule has 0 N–H and O–H groups in total. The summed E-state index contributed by atoms with van der Waals surface area (Å²) in [7, 11) is 2.49. The molecule has 0 saturated carbocycles. The second-order valence-electron chi connectivity index (χ2n) is 3.56. The van der Waals surface area contributed by atoms with E-state index in [1.54, 1.807) is 0 Å². The van der Waals surface area contributed by atoms with Crippen LogP contribution in [0, 0.1) is 0 Å². The molecule has 2 aliphatic heterocycles. The Kier molecular flexibility index (Phi) is 2.04. The van der Waals surface area contributed by atoms with Crippen molar-refractivity contribution in [1.82, 2.24) is 9.57 Å². The lowest BCUT2D eigenvalue weighted by molar-refractivity contribution is -0.148. The third kappa shape index (κ3) is 1.44. The van der Waals surface area contributed by atoms with Crippen LogP contribution >= 0.6 is 9.39 Å². The van der Waals surface area contributed by atoms with Crippen molar-refractivity contribution in [1.29, 1.82) is 0 Å². The first-order valence-electron chi connectivity index (χ1n) is 4.19. The number of hydrogen-bond acceptors (Lipinski definition) is 2. The zero-order valence-corrected chi connectivity index (χ0v) is 8.20. The highest BCUT2D eigenvalue weighted by Crippen LogP contribution is 2.35. The van der Waals surface area contributed by atoms with Gasteiger partial charge in [0.2, 0.25) is 0 Å². The fourth-order valence-electron chi connectivity index (χ4n) is 1.91. The summed E-state index contributed by atoms with van der Waals surface area (Å²) in [6.45, 7) is 1.61. The number of fused-ring (bicyclic) bond motifs is 1. The number of nitrogens with zero attached hydrogens (tertiary/aromatic N) is 2. The Labute approximate surface area is 77.3 Å². The second-order valence-corrected chi connectivity index (χ2v) is 4.29. The largest absolute Gasteiger partial charge is 0.332 e. The van der Waals surface area contributed by atoms with Gasteiger partial charge >= 0.3 is 5.92 Å². The summed E-state index contributed by atoms with van der Waals surface area (Å²) in [4.78, 5) is 12.4. The molecule has 2 unspecified atom stereocenters. The fourth-order valence-corrected chi connectivity index (χ4v) is 2.27. The van der Waals surface area contributed by atoms with Gasteiger partial charge in [-0.15, -0.1) is 0 Å². The van der Waals surface area contributed by atoms with Gasteiger partial charge in [-0.3, -0.25) is 9.46 Å². The van der Waals surface area contributed by atoms with E-state index in [0.29, 0.717) is 19.6 Å². The van der Waals surface area contributed by atoms with Crippen LogP contribution in [-0.2, 0) is 4.79 Å². The average molecular weight is 208 g/mol. The van der Waals surface area contributed by atoms with Crippen LogP contribution < -0.4 is 0 Å². The molecule has 0 radical (unpaired) electrons. The number of carbonyl (C=O) groups is 1. The van der Waals surface area contributed by atoms with Crippen molar-refractivity contribution in [2.75, 3.05) is 19.6 Å². The quantitative estimate of drug-likeness (QED) is 0.535. The first kappa shape index (κ1) is 9.28. The van der Waals surface area contributed by atoms with E-state index >= 15 is 0 Å². The molecule has 13 heavy (non-hydrogen) atoms. The molecule has 0 aromatic carbocycles. The topological polar surface area (TPSA) is 23.6 Å². The molecular formula is C7H11F2N2OP. The lowest BCUT2D eigenvalue weighted by atomic mass is 10.1. The zero-order valence-electron chi connectivity index (χ0n) is 7.04. The van der Waals surface area contributed by atoms with Crippen LogP contribution in [0.4, 0.5) is 8.78 Å². The minimum atomic E-state index is -3.12. The number of piperazine rings is 1. The lowest BCUT2D eigenvalue weighted by Crippen LogP contribution is -2.48. The van der Waals surface area contributed by atoms with Gasteiger partial charge in [0, 0.05) is 26.1 Å². The van der Waals surface area contributed by atoms with Crippen molar-refractivity contribution < 1.29 is 13.6 Å². The molecule has 0 aliphatic carbocycles. The van der Waals surface area contributed by atoms with E-state index < -0.39 is 11.8 Å². The van der Waals surface area contributed by atoms with E-state index in [9.17, 15) is 13.6 Å². The van der Waals surface area contributed by atoms with Gasteiger partial charge in [0.1, 0.15) is 0 Å². The van der Waals surface area contributed by atoms with E-state index in [2.05, 4.69) is 9.39 Å². The van der Waals surface area contributed by atoms with Crippen LogP contribution in [0.5, 0.6) is 0 Å². The molecule has 2 saturated heterocycles. The lowest BCUT2D eigenvalue weighted by Gasteiger charge is -2.34. The highest BCUT2D eigenvalue weighted by molar-refractivity contribution is 7.13. The molecule has 2 atom stereocenters. The van der Waals surface area contributed by atoms with Crippen molar-refractivity contribution in [3.8, 4) is 0 Å². The molecule has 2 fully saturated rings. The van der Waals surface area contributed by atoms with Gasteiger partial charge in [0.15, 0.2) is 0 Å². The Hall–Kier alpha value is -0.280. The molecule has 6 heteroatoms. The predicted molar refractivity (Wildman–Crippen MR) is 46.3 cm³/mol.